The van der Waals surface area contributed by atoms with E-state index in [1.165, 1.54) is 5.69 Å². The average Bonchev–Trinajstić information content (AvgIpc) is 2.57. The normalized spacial score (nSPS) is 23.3. The Hall–Kier alpha value is -1.20. The SMILES string of the molecule is O=C(CC1CSCCN1)NC1CCN(c2ccccc2)CC1. The summed E-state index contributed by atoms with van der Waals surface area (Å²) in [4.78, 5) is 14.6. The number of carbonyl (C=O) groups is 1. The largest absolute Gasteiger partial charge is 0.371 e. The predicted molar refractivity (Wildman–Crippen MR) is 93.6 cm³/mol. The van der Waals surface area contributed by atoms with Gasteiger partial charge in [0.1, 0.15) is 0 Å². The molecule has 1 aromatic rings. The number of nitrogens with one attached hydrogen (secondary N) is 2. The molecule has 1 amide bonds. The molecule has 0 bridgehead atoms. The Labute approximate surface area is 137 Å². The smallest absolute Gasteiger partial charge is 0.221 e. The van der Waals surface area contributed by atoms with E-state index in [4.69, 9.17) is 0 Å². The number of nitrogens with zero attached hydrogens (tertiary/aromatic N) is 1. The number of carbonyl (C=O) groups excluding carboxylic acids is 1. The minimum Gasteiger partial charge on any atom is -0.371 e. The van der Waals surface area contributed by atoms with Crippen molar-refractivity contribution >= 4 is 23.4 Å². The average molecular weight is 319 g/mol. The van der Waals surface area contributed by atoms with Crippen LogP contribution in [-0.2, 0) is 4.79 Å². The Morgan fingerprint density at radius 3 is 2.73 bits per heavy atom. The van der Waals surface area contributed by atoms with Crippen molar-refractivity contribution in [2.45, 2.75) is 31.3 Å². The van der Waals surface area contributed by atoms with Crippen LogP contribution in [0.5, 0.6) is 0 Å². The highest BCUT2D eigenvalue weighted by molar-refractivity contribution is 7.99. The molecule has 2 N–H and O–H groups in total. The van der Waals surface area contributed by atoms with E-state index < -0.39 is 0 Å². The summed E-state index contributed by atoms with van der Waals surface area (Å²) in [5, 5.41) is 6.65. The molecule has 22 heavy (non-hydrogen) atoms. The van der Waals surface area contributed by atoms with E-state index in [9.17, 15) is 4.79 Å². The molecule has 120 valence electrons. The van der Waals surface area contributed by atoms with E-state index in [2.05, 4.69) is 39.8 Å². The van der Waals surface area contributed by atoms with Gasteiger partial charge < -0.3 is 15.5 Å². The first-order valence-electron chi connectivity index (χ1n) is 8.22. The molecule has 1 atom stereocenters. The van der Waals surface area contributed by atoms with E-state index in [-0.39, 0.29) is 5.91 Å². The molecule has 1 unspecified atom stereocenters. The lowest BCUT2D eigenvalue weighted by molar-refractivity contribution is -0.122. The van der Waals surface area contributed by atoms with Crippen molar-refractivity contribution in [1.82, 2.24) is 10.6 Å². The summed E-state index contributed by atoms with van der Waals surface area (Å²) >= 11 is 1.94. The summed E-state index contributed by atoms with van der Waals surface area (Å²) in [5.74, 6) is 2.42. The minimum atomic E-state index is 0.207. The number of benzene rings is 1. The molecule has 2 fully saturated rings. The van der Waals surface area contributed by atoms with Gasteiger partial charge in [-0.3, -0.25) is 4.79 Å². The second kappa shape index (κ2) is 7.88. The van der Waals surface area contributed by atoms with Gasteiger partial charge in [0.15, 0.2) is 0 Å². The van der Waals surface area contributed by atoms with Gasteiger partial charge in [-0.1, -0.05) is 18.2 Å². The Bertz CT molecular complexity index is 468. The molecule has 0 saturated carbocycles. The van der Waals surface area contributed by atoms with Crippen LogP contribution < -0.4 is 15.5 Å². The molecule has 0 radical (unpaired) electrons. The van der Waals surface area contributed by atoms with Crippen LogP contribution in [-0.4, -0.2) is 49.1 Å². The fraction of sp³-hybridized carbons (Fsp3) is 0.588. The van der Waals surface area contributed by atoms with Crippen molar-refractivity contribution in [2.24, 2.45) is 0 Å². The molecular weight excluding hydrogens is 294 g/mol. The summed E-state index contributed by atoms with van der Waals surface area (Å²) < 4.78 is 0. The van der Waals surface area contributed by atoms with Gasteiger partial charge in [-0.05, 0) is 25.0 Å². The molecule has 0 spiro atoms. The van der Waals surface area contributed by atoms with E-state index in [1.807, 2.05) is 17.8 Å². The third kappa shape index (κ3) is 4.40. The second-order valence-electron chi connectivity index (χ2n) is 6.09. The van der Waals surface area contributed by atoms with Crippen molar-refractivity contribution in [2.75, 3.05) is 36.0 Å². The third-order valence-corrected chi connectivity index (χ3v) is 5.54. The highest BCUT2D eigenvalue weighted by Gasteiger charge is 2.22. The second-order valence-corrected chi connectivity index (χ2v) is 7.24. The number of para-hydroxylation sites is 1. The molecule has 0 aliphatic carbocycles. The van der Waals surface area contributed by atoms with Gasteiger partial charge in [-0.2, -0.15) is 11.8 Å². The molecule has 1 aromatic carbocycles. The fourth-order valence-corrected chi connectivity index (χ4v) is 4.13. The maximum atomic E-state index is 12.2. The molecular formula is C17H25N3OS. The lowest BCUT2D eigenvalue weighted by Crippen LogP contribution is -2.47. The quantitative estimate of drug-likeness (QED) is 0.889. The standard InChI is InChI=1S/C17H25N3OS/c21-17(12-15-13-22-11-8-18-15)19-14-6-9-20(10-7-14)16-4-2-1-3-5-16/h1-5,14-15,18H,6-13H2,(H,19,21). The monoisotopic (exact) mass is 319 g/mol. The van der Waals surface area contributed by atoms with E-state index in [0.29, 0.717) is 18.5 Å². The molecule has 3 rings (SSSR count). The van der Waals surface area contributed by atoms with Gasteiger partial charge in [-0.15, -0.1) is 0 Å². The van der Waals surface area contributed by atoms with Crippen molar-refractivity contribution in [3.63, 3.8) is 0 Å². The first-order valence-corrected chi connectivity index (χ1v) is 9.37. The van der Waals surface area contributed by atoms with Crippen LogP contribution in [0.1, 0.15) is 19.3 Å². The van der Waals surface area contributed by atoms with Crippen molar-refractivity contribution in [3.05, 3.63) is 30.3 Å². The molecule has 2 aliphatic rings. The summed E-state index contributed by atoms with van der Waals surface area (Å²) in [5.41, 5.74) is 1.29. The lowest BCUT2D eigenvalue weighted by atomic mass is 10.0. The maximum absolute atomic E-state index is 12.2. The van der Waals surface area contributed by atoms with Gasteiger partial charge in [0, 0.05) is 55.3 Å². The molecule has 2 saturated heterocycles. The Kier molecular flexibility index (Phi) is 5.62. The van der Waals surface area contributed by atoms with E-state index >= 15 is 0 Å². The summed E-state index contributed by atoms with van der Waals surface area (Å²) in [7, 11) is 0. The van der Waals surface area contributed by atoms with Gasteiger partial charge in [-0.25, -0.2) is 0 Å². The van der Waals surface area contributed by atoms with Crippen molar-refractivity contribution in [3.8, 4) is 0 Å². The zero-order valence-electron chi connectivity index (χ0n) is 13.0. The van der Waals surface area contributed by atoms with Crippen LogP contribution in [0, 0.1) is 0 Å². The number of hydrogen-bond acceptors (Lipinski definition) is 4. The van der Waals surface area contributed by atoms with Crippen LogP contribution in [0.2, 0.25) is 0 Å². The van der Waals surface area contributed by atoms with Crippen LogP contribution in [0.4, 0.5) is 5.69 Å². The molecule has 4 nitrogen and oxygen atoms in total. The number of hydrogen-bond donors (Lipinski definition) is 2. The molecule has 2 heterocycles. The number of piperidine rings is 1. The third-order valence-electron chi connectivity index (χ3n) is 4.41. The summed E-state index contributed by atoms with van der Waals surface area (Å²) in [6, 6.07) is 11.2. The maximum Gasteiger partial charge on any atom is 0.221 e. The first-order chi connectivity index (χ1) is 10.8. The van der Waals surface area contributed by atoms with Gasteiger partial charge in [0.2, 0.25) is 5.91 Å². The molecule has 0 aromatic heterocycles. The Balaban J connectivity index is 1.41. The highest BCUT2D eigenvalue weighted by Crippen LogP contribution is 2.19. The van der Waals surface area contributed by atoms with Gasteiger partial charge in [0.05, 0.1) is 0 Å². The topological polar surface area (TPSA) is 44.4 Å². The van der Waals surface area contributed by atoms with Crippen LogP contribution in [0.15, 0.2) is 30.3 Å². The predicted octanol–water partition coefficient (Wildman–Crippen LogP) is 1.87. The van der Waals surface area contributed by atoms with E-state index in [0.717, 1.165) is 44.0 Å². The minimum absolute atomic E-state index is 0.207. The van der Waals surface area contributed by atoms with Crippen molar-refractivity contribution in [1.29, 1.82) is 0 Å². The van der Waals surface area contributed by atoms with Crippen LogP contribution in [0.25, 0.3) is 0 Å². The Morgan fingerprint density at radius 1 is 1.27 bits per heavy atom. The lowest BCUT2D eigenvalue weighted by Gasteiger charge is -2.34. The molecule has 5 heteroatoms. The number of amides is 1. The summed E-state index contributed by atoms with van der Waals surface area (Å²) in [6.45, 7) is 3.07. The highest BCUT2D eigenvalue weighted by atomic mass is 32.2. The van der Waals surface area contributed by atoms with Crippen LogP contribution >= 0.6 is 11.8 Å². The van der Waals surface area contributed by atoms with Gasteiger partial charge in [0.25, 0.3) is 0 Å². The zero-order chi connectivity index (χ0) is 15.2. The number of anilines is 1. The zero-order valence-corrected chi connectivity index (χ0v) is 13.8. The summed E-state index contributed by atoms with van der Waals surface area (Å²) in [6.07, 6.45) is 2.69. The molecule has 2 aliphatic heterocycles. The van der Waals surface area contributed by atoms with Crippen LogP contribution in [0.3, 0.4) is 0 Å². The van der Waals surface area contributed by atoms with E-state index in [1.54, 1.807) is 0 Å². The van der Waals surface area contributed by atoms with Crippen molar-refractivity contribution < 1.29 is 4.79 Å². The number of rotatable bonds is 4. The van der Waals surface area contributed by atoms with Gasteiger partial charge >= 0.3 is 0 Å². The number of thioether (sulfide) groups is 1. The fourth-order valence-electron chi connectivity index (χ4n) is 3.18. The Morgan fingerprint density at radius 2 is 2.05 bits per heavy atom. The first kappa shape index (κ1) is 15.7.